The van der Waals surface area contributed by atoms with Crippen molar-refractivity contribution < 1.29 is 29.1 Å². The van der Waals surface area contributed by atoms with Gasteiger partial charge in [-0.25, -0.2) is 0 Å². The molecule has 1 fully saturated rings. The number of amides is 1. The van der Waals surface area contributed by atoms with Crippen molar-refractivity contribution in [3.05, 3.63) is 40.0 Å². The third kappa shape index (κ3) is 8.39. The van der Waals surface area contributed by atoms with Gasteiger partial charge in [0.1, 0.15) is 0 Å². The number of nitrogens with one attached hydrogen (secondary N) is 1. The van der Waals surface area contributed by atoms with Gasteiger partial charge in [0, 0.05) is 0 Å². The van der Waals surface area contributed by atoms with Gasteiger partial charge in [0.2, 0.25) is 0 Å². The Kier molecular flexibility index (Phi) is 13.5. The van der Waals surface area contributed by atoms with E-state index in [-0.39, 0.29) is 39.2 Å². The molecule has 0 aliphatic heterocycles. The van der Waals surface area contributed by atoms with E-state index in [1.54, 1.807) is 0 Å². The third-order valence-electron chi connectivity index (χ3n) is 8.20. The average molecular weight is 580 g/mol. The van der Waals surface area contributed by atoms with Crippen molar-refractivity contribution in [3.8, 4) is 0 Å². The molecule has 1 unspecified atom stereocenters. The van der Waals surface area contributed by atoms with Crippen LogP contribution in [0.1, 0.15) is 139 Å². The Morgan fingerprint density at radius 1 is 0.816 bits per heavy atom. The number of carbonyl (C=O) groups excluding carboxylic acids is 1. The Balaban J connectivity index is 0.00000507. The zero-order valence-electron chi connectivity index (χ0n) is 25.0. The minimum atomic E-state index is -3.97. The van der Waals surface area contributed by atoms with Crippen molar-refractivity contribution in [2.24, 2.45) is 5.92 Å². The van der Waals surface area contributed by atoms with Crippen LogP contribution >= 0.6 is 0 Å². The summed E-state index contributed by atoms with van der Waals surface area (Å²) in [4.78, 5) is 14.1. The molecule has 0 bridgehead atoms. The summed E-state index contributed by atoms with van der Waals surface area (Å²) in [6.45, 7) is 17.1. The molecule has 1 aromatic rings. The first-order valence-corrected chi connectivity index (χ1v) is 18.0. The molecule has 0 spiro atoms. The molecular weight excluding hydrogens is 522 g/mol. The van der Waals surface area contributed by atoms with Crippen LogP contribution in [0, 0.1) is 19.8 Å². The van der Waals surface area contributed by atoms with Crippen LogP contribution in [0.5, 0.6) is 0 Å². The molecule has 1 atom stereocenters. The fraction of sp³-hybridized carbons (Fsp3) is 0.719. The Morgan fingerprint density at radius 3 is 1.76 bits per heavy atom. The molecule has 1 aromatic carbocycles. The number of carbonyl (C=O) groups is 1. The second-order valence-electron chi connectivity index (χ2n) is 12.2. The second-order valence-corrected chi connectivity index (χ2v) is 16.3. The van der Waals surface area contributed by atoms with Gasteiger partial charge in [0.15, 0.2) is 0 Å². The summed E-state index contributed by atoms with van der Waals surface area (Å²) >= 11 is -3.97. The number of fused-ring (bicyclic) bond motifs is 1. The summed E-state index contributed by atoms with van der Waals surface area (Å²) < 4.78 is 17.4. The van der Waals surface area contributed by atoms with Crippen molar-refractivity contribution in [1.29, 1.82) is 0 Å². The van der Waals surface area contributed by atoms with Crippen molar-refractivity contribution >= 4 is 22.4 Å². The van der Waals surface area contributed by atoms with Crippen molar-refractivity contribution in [1.82, 2.24) is 3.80 Å². The summed E-state index contributed by atoms with van der Waals surface area (Å²) in [5.41, 5.74) is 7.76. The van der Waals surface area contributed by atoms with E-state index in [9.17, 15) is 4.79 Å². The van der Waals surface area contributed by atoms with E-state index < -0.39 is 17.6 Å². The summed E-state index contributed by atoms with van der Waals surface area (Å²) in [6, 6.07) is 4.57. The van der Waals surface area contributed by atoms with Crippen molar-refractivity contribution in [2.75, 3.05) is 0 Å². The largest absolute Gasteiger partial charge is 0.0149 e. The van der Waals surface area contributed by atoms with Crippen LogP contribution in [-0.2, 0) is 29.1 Å². The van der Waals surface area contributed by atoms with Crippen LogP contribution in [0.25, 0.3) is 5.57 Å². The smallest absolute Gasteiger partial charge is 0.0149 e. The molecule has 0 saturated heterocycles. The summed E-state index contributed by atoms with van der Waals surface area (Å²) in [5, 5.41) is 0. The van der Waals surface area contributed by atoms with Crippen LogP contribution in [0.2, 0.25) is 0 Å². The second kappa shape index (κ2) is 15.3. The molecule has 2 aliphatic rings. The Hall–Kier alpha value is -0.719. The Labute approximate surface area is 242 Å². The molecule has 38 heavy (non-hydrogen) atoms. The van der Waals surface area contributed by atoms with Crippen LogP contribution < -0.4 is 3.80 Å². The molecule has 216 valence electrons. The molecule has 0 aromatic heterocycles. The Morgan fingerprint density at radius 2 is 1.29 bits per heavy atom. The molecule has 1 saturated carbocycles. The zero-order chi connectivity index (χ0) is 27.2. The molecule has 0 radical (unpaired) electrons. The summed E-state index contributed by atoms with van der Waals surface area (Å²) in [6.07, 6.45) is 13.3. The summed E-state index contributed by atoms with van der Waals surface area (Å²) in [7, 11) is 0. The fourth-order valence-corrected chi connectivity index (χ4v) is 12.8. The Bertz CT molecular complexity index is 936. The van der Waals surface area contributed by atoms with Gasteiger partial charge in [-0.05, 0) is 11.0 Å². The van der Waals surface area contributed by atoms with Crippen molar-refractivity contribution in [2.45, 2.75) is 142 Å². The minimum absolute atomic E-state index is 0. The molecule has 1 N–H and O–H groups in total. The molecule has 0 heterocycles. The van der Waals surface area contributed by atoms with Gasteiger partial charge >= 0.3 is 233 Å². The standard InChI is InChI=1S/C13H25NO.C13H15.2C3H7O.H4Si.Ti/c14-13(15)12-10-8-6-4-2-1-3-5-7-9-11-12;1-8-5-10(3)13-11(4)9(2)7-12(13)6-8;2*1-3(2)4;;/h12H,1-11H2,(H2,14,15);5-7H,1-4H3;2*3H,1-2H3;1H4;/q;;2*-1;;+3/p-1. The first-order valence-electron chi connectivity index (χ1n) is 15.0. The van der Waals surface area contributed by atoms with Gasteiger partial charge in [-0.1, -0.05) is 0 Å². The van der Waals surface area contributed by atoms with Gasteiger partial charge in [0.25, 0.3) is 0 Å². The van der Waals surface area contributed by atoms with Crippen LogP contribution in [0.15, 0.2) is 17.7 Å². The van der Waals surface area contributed by atoms with Crippen LogP contribution in [0.4, 0.5) is 0 Å². The van der Waals surface area contributed by atoms with Gasteiger partial charge in [0.05, 0.1) is 0 Å². The van der Waals surface area contributed by atoms with E-state index in [1.165, 1.54) is 78.3 Å². The molecule has 3 rings (SSSR count). The molecule has 2 aliphatic carbocycles. The van der Waals surface area contributed by atoms with Gasteiger partial charge in [-0.15, -0.1) is 0 Å². The number of benzene rings is 1. The number of aryl methyl sites for hydroxylation is 2. The zero-order valence-corrected chi connectivity index (χ0v) is 26.5. The topological polar surface area (TPSA) is 47.6 Å². The average Bonchev–Trinajstić information content (AvgIpc) is 3.03. The first kappa shape index (κ1) is 33.5. The molecule has 4 nitrogen and oxygen atoms in total. The molecule has 6 heteroatoms. The maximum atomic E-state index is 14.1. The minimum Gasteiger partial charge on any atom is -0.0149 e. The molecule has 1 amide bonds. The van der Waals surface area contributed by atoms with Gasteiger partial charge in [-0.3, -0.25) is 0 Å². The van der Waals surface area contributed by atoms with E-state index in [4.69, 9.17) is 6.64 Å². The van der Waals surface area contributed by atoms with Crippen LogP contribution in [0.3, 0.4) is 0 Å². The van der Waals surface area contributed by atoms with E-state index in [2.05, 4.69) is 71.3 Å². The van der Waals surface area contributed by atoms with E-state index in [0.717, 1.165) is 25.7 Å². The van der Waals surface area contributed by atoms with Gasteiger partial charge in [-0.2, -0.15) is 0 Å². The van der Waals surface area contributed by atoms with E-state index in [1.807, 2.05) is 0 Å². The number of rotatable bonds is 7. The predicted molar refractivity (Wildman–Crippen MR) is 163 cm³/mol. The first-order chi connectivity index (χ1) is 17.6. The normalized spacial score (nSPS) is 20.1. The fourth-order valence-electron chi connectivity index (χ4n) is 6.57. The quantitative estimate of drug-likeness (QED) is 0.341. The molecular formula is C32H57NO3SiTi. The maximum absolute atomic E-state index is 14.1. The number of hydrogen-bond donors (Lipinski definition) is 1. The maximum Gasteiger partial charge on any atom is -0.0149 e. The predicted octanol–water partition coefficient (Wildman–Crippen LogP) is 7.49. The van der Waals surface area contributed by atoms with E-state index >= 15 is 0 Å². The van der Waals surface area contributed by atoms with E-state index in [0.29, 0.717) is 0 Å². The number of allylic oxidation sites excluding steroid dienone is 2. The summed E-state index contributed by atoms with van der Waals surface area (Å²) in [5.74, 6) is 0.211. The SMILES string of the molecule is CC1=C(C)[CH]([Ti]([NH]C(=O)C2CCCCCCCCCCC2)([O]C(C)C)[O]C(C)C)c2cc(C)cc(C)c21.[SiH4]. The number of hydrogen-bond acceptors (Lipinski definition) is 3. The van der Waals surface area contributed by atoms with Crippen LogP contribution in [-0.4, -0.2) is 29.1 Å². The van der Waals surface area contributed by atoms with Gasteiger partial charge < -0.3 is 0 Å². The monoisotopic (exact) mass is 579 g/mol. The van der Waals surface area contributed by atoms with Crippen molar-refractivity contribution in [3.63, 3.8) is 0 Å². The third-order valence-corrected chi connectivity index (χ3v) is 14.0.